The Morgan fingerprint density at radius 1 is 1.29 bits per heavy atom. The summed E-state index contributed by atoms with van der Waals surface area (Å²) in [6.45, 7) is 10.3. The molecule has 0 heterocycles. The summed E-state index contributed by atoms with van der Waals surface area (Å²) in [5.74, 6) is -0.0553. The SMILES string of the molecule is CCC(CC)N(CCO)C(=O)[C@H](N)C(C)(C)C. The standard InChI is InChI=1S/C13H28N2O2/c1-6-10(7-2)15(8-9-16)12(17)11(14)13(3,4)5/h10-11,16H,6-9,14H2,1-5H3/t11-/m0/s1. The Morgan fingerprint density at radius 2 is 1.76 bits per heavy atom. The summed E-state index contributed by atoms with van der Waals surface area (Å²) in [5.41, 5.74) is 5.75. The molecule has 0 saturated heterocycles. The molecule has 0 aromatic heterocycles. The highest BCUT2D eigenvalue weighted by Crippen LogP contribution is 2.21. The summed E-state index contributed by atoms with van der Waals surface area (Å²) >= 11 is 0. The molecule has 4 heteroatoms. The number of nitrogens with zero attached hydrogens (tertiary/aromatic N) is 1. The molecule has 1 atom stereocenters. The molecule has 0 saturated carbocycles. The smallest absolute Gasteiger partial charge is 0.240 e. The van der Waals surface area contributed by atoms with Crippen molar-refractivity contribution in [3.05, 3.63) is 0 Å². The van der Waals surface area contributed by atoms with Crippen LogP contribution in [0.1, 0.15) is 47.5 Å². The Balaban J connectivity index is 4.87. The molecule has 3 N–H and O–H groups in total. The number of carbonyl (C=O) groups is 1. The van der Waals surface area contributed by atoms with Crippen molar-refractivity contribution in [1.82, 2.24) is 4.90 Å². The van der Waals surface area contributed by atoms with E-state index in [2.05, 4.69) is 13.8 Å². The van der Waals surface area contributed by atoms with Crippen LogP contribution in [-0.2, 0) is 4.79 Å². The molecule has 0 aliphatic rings. The van der Waals surface area contributed by atoms with Crippen molar-refractivity contribution in [2.75, 3.05) is 13.2 Å². The Hall–Kier alpha value is -0.610. The first kappa shape index (κ1) is 16.4. The largest absolute Gasteiger partial charge is 0.395 e. The van der Waals surface area contributed by atoms with Crippen molar-refractivity contribution in [3.8, 4) is 0 Å². The average Bonchev–Trinajstić information content (AvgIpc) is 2.26. The van der Waals surface area contributed by atoms with E-state index in [1.807, 2.05) is 20.8 Å². The third-order valence-corrected chi connectivity index (χ3v) is 3.21. The van der Waals surface area contributed by atoms with Crippen LogP contribution in [0.4, 0.5) is 0 Å². The van der Waals surface area contributed by atoms with E-state index in [9.17, 15) is 4.79 Å². The second kappa shape index (κ2) is 6.97. The van der Waals surface area contributed by atoms with E-state index in [4.69, 9.17) is 10.8 Å². The Kier molecular flexibility index (Phi) is 6.72. The number of aliphatic hydroxyl groups excluding tert-OH is 1. The second-order valence-electron chi connectivity index (χ2n) is 5.57. The van der Waals surface area contributed by atoms with E-state index in [1.54, 1.807) is 4.90 Å². The van der Waals surface area contributed by atoms with E-state index in [-0.39, 0.29) is 24.0 Å². The zero-order chi connectivity index (χ0) is 13.6. The molecule has 0 aliphatic carbocycles. The summed E-state index contributed by atoms with van der Waals surface area (Å²) in [7, 11) is 0. The first-order valence-corrected chi connectivity index (χ1v) is 6.46. The van der Waals surface area contributed by atoms with Gasteiger partial charge in [0.2, 0.25) is 5.91 Å². The topological polar surface area (TPSA) is 66.6 Å². The fourth-order valence-corrected chi connectivity index (χ4v) is 1.86. The van der Waals surface area contributed by atoms with Crippen molar-refractivity contribution in [1.29, 1.82) is 0 Å². The van der Waals surface area contributed by atoms with Crippen LogP contribution < -0.4 is 5.73 Å². The zero-order valence-corrected chi connectivity index (χ0v) is 11.9. The van der Waals surface area contributed by atoms with Gasteiger partial charge in [-0.3, -0.25) is 4.79 Å². The Morgan fingerprint density at radius 3 is 2.06 bits per heavy atom. The molecule has 0 bridgehead atoms. The van der Waals surface area contributed by atoms with Crippen LogP contribution in [0.15, 0.2) is 0 Å². The van der Waals surface area contributed by atoms with Crippen LogP contribution in [0, 0.1) is 5.41 Å². The summed E-state index contributed by atoms with van der Waals surface area (Å²) < 4.78 is 0. The molecule has 0 unspecified atom stereocenters. The van der Waals surface area contributed by atoms with Gasteiger partial charge in [0, 0.05) is 12.6 Å². The fraction of sp³-hybridized carbons (Fsp3) is 0.923. The van der Waals surface area contributed by atoms with Gasteiger partial charge in [-0.25, -0.2) is 0 Å². The number of hydrogen-bond acceptors (Lipinski definition) is 3. The molecule has 0 fully saturated rings. The minimum Gasteiger partial charge on any atom is -0.395 e. The van der Waals surface area contributed by atoms with Gasteiger partial charge >= 0.3 is 0 Å². The zero-order valence-electron chi connectivity index (χ0n) is 11.9. The first-order chi connectivity index (χ1) is 7.79. The van der Waals surface area contributed by atoms with E-state index >= 15 is 0 Å². The van der Waals surface area contributed by atoms with Crippen molar-refractivity contribution in [3.63, 3.8) is 0 Å². The molecule has 0 aromatic rings. The number of hydrogen-bond donors (Lipinski definition) is 2. The van der Waals surface area contributed by atoms with Gasteiger partial charge in [0.05, 0.1) is 12.6 Å². The fourth-order valence-electron chi connectivity index (χ4n) is 1.86. The molecular formula is C13H28N2O2. The van der Waals surface area contributed by atoms with Gasteiger partial charge in [0.15, 0.2) is 0 Å². The van der Waals surface area contributed by atoms with Crippen LogP contribution in [0.5, 0.6) is 0 Å². The van der Waals surface area contributed by atoms with E-state index in [1.165, 1.54) is 0 Å². The van der Waals surface area contributed by atoms with Crippen LogP contribution >= 0.6 is 0 Å². The maximum absolute atomic E-state index is 12.3. The van der Waals surface area contributed by atoms with E-state index < -0.39 is 6.04 Å². The monoisotopic (exact) mass is 244 g/mol. The molecule has 0 aliphatic heterocycles. The van der Waals surface area contributed by atoms with Crippen LogP contribution in [0.25, 0.3) is 0 Å². The molecule has 0 rings (SSSR count). The van der Waals surface area contributed by atoms with E-state index in [0.717, 1.165) is 12.8 Å². The summed E-state index contributed by atoms with van der Waals surface area (Å²) in [5, 5.41) is 9.08. The van der Waals surface area contributed by atoms with Crippen LogP contribution in [0.2, 0.25) is 0 Å². The van der Waals surface area contributed by atoms with Gasteiger partial charge in [-0.1, -0.05) is 34.6 Å². The quantitative estimate of drug-likeness (QED) is 0.741. The third-order valence-electron chi connectivity index (χ3n) is 3.21. The van der Waals surface area contributed by atoms with Crippen molar-refractivity contribution in [2.24, 2.45) is 11.1 Å². The number of rotatable bonds is 6. The lowest BCUT2D eigenvalue weighted by molar-refractivity contribution is -0.138. The van der Waals surface area contributed by atoms with Gasteiger partial charge in [-0.15, -0.1) is 0 Å². The highest BCUT2D eigenvalue weighted by Gasteiger charge is 2.32. The normalized spacial score (nSPS) is 13.9. The lowest BCUT2D eigenvalue weighted by Gasteiger charge is -2.36. The summed E-state index contributed by atoms with van der Waals surface area (Å²) in [4.78, 5) is 14.1. The number of aliphatic hydroxyl groups is 1. The van der Waals surface area contributed by atoms with Crippen molar-refractivity contribution >= 4 is 5.91 Å². The number of carbonyl (C=O) groups excluding carboxylic acids is 1. The molecule has 4 nitrogen and oxygen atoms in total. The molecule has 0 radical (unpaired) electrons. The van der Waals surface area contributed by atoms with Crippen LogP contribution in [0.3, 0.4) is 0 Å². The highest BCUT2D eigenvalue weighted by atomic mass is 16.3. The molecule has 1 amide bonds. The predicted molar refractivity (Wildman–Crippen MR) is 70.6 cm³/mol. The Labute approximate surface area is 105 Å². The summed E-state index contributed by atoms with van der Waals surface area (Å²) in [6.07, 6.45) is 1.78. The predicted octanol–water partition coefficient (Wildman–Crippen LogP) is 1.37. The highest BCUT2D eigenvalue weighted by molar-refractivity contribution is 5.82. The molecule has 102 valence electrons. The average molecular weight is 244 g/mol. The maximum atomic E-state index is 12.3. The van der Waals surface area contributed by atoms with Gasteiger partial charge in [-0.2, -0.15) is 0 Å². The molecular weight excluding hydrogens is 216 g/mol. The first-order valence-electron chi connectivity index (χ1n) is 6.46. The Bertz CT molecular complexity index is 232. The lowest BCUT2D eigenvalue weighted by Crippen LogP contribution is -2.54. The number of nitrogens with two attached hydrogens (primary N) is 1. The molecule has 17 heavy (non-hydrogen) atoms. The van der Waals surface area contributed by atoms with Crippen LogP contribution in [-0.4, -0.2) is 41.1 Å². The lowest BCUT2D eigenvalue weighted by atomic mass is 9.86. The van der Waals surface area contributed by atoms with Gasteiger partial charge in [-0.05, 0) is 18.3 Å². The van der Waals surface area contributed by atoms with E-state index in [0.29, 0.717) is 6.54 Å². The minimum atomic E-state index is -0.519. The van der Waals surface area contributed by atoms with Crippen molar-refractivity contribution < 1.29 is 9.90 Å². The number of amides is 1. The third kappa shape index (κ3) is 4.64. The molecule has 0 spiro atoms. The minimum absolute atomic E-state index is 0.0148. The van der Waals surface area contributed by atoms with Gasteiger partial charge in [0.1, 0.15) is 0 Å². The maximum Gasteiger partial charge on any atom is 0.240 e. The second-order valence-corrected chi connectivity index (χ2v) is 5.57. The van der Waals surface area contributed by atoms with Gasteiger partial charge < -0.3 is 15.7 Å². The van der Waals surface area contributed by atoms with Crippen molar-refractivity contribution in [2.45, 2.75) is 59.5 Å². The molecule has 0 aromatic carbocycles. The summed E-state index contributed by atoms with van der Waals surface area (Å²) in [6, 6.07) is -0.349. The van der Waals surface area contributed by atoms with Gasteiger partial charge in [0.25, 0.3) is 0 Å².